The van der Waals surface area contributed by atoms with Crippen molar-refractivity contribution in [2.45, 2.75) is 18.8 Å². The number of benzene rings is 2. The summed E-state index contributed by atoms with van der Waals surface area (Å²) in [6.45, 7) is 0.315. The molecule has 1 aliphatic heterocycles. The van der Waals surface area contributed by atoms with Crippen LogP contribution in [0.15, 0.2) is 52.9 Å². The fourth-order valence-electron chi connectivity index (χ4n) is 3.14. The van der Waals surface area contributed by atoms with Crippen molar-refractivity contribution in [2.24, 2.45) is 0 Å². The molecule has 0 aliphatic carbocycles. The van der Waals surface area contributed by atoms with Crippen molar-refractivity contribution in [1.82, 2.24) is 10.2 Å². The number of aromatic nitrogens is 2. The van der Waals surface area contributed by atoms with Crippen LogP contribution in [0.1, 0.15) is 23.8 Å². The average molecular weight is 398 g/mol. The van der Waals surface area contributed by atoms with Gasteiger partial charge in [-0.05, 0) is 42.0 Å². The summed E-state index contributed by atoms with van der Waals surface area (Å²) >= 11 is 0. The highest BCUT2D eigenvalue weighted by atomic mass is 19.1. The highest BCUT2D eigenvalue weighted by molar-refractivity contribution is 5.96. The van der Waals surface area contributed by atoms with E-state index in [-0.39, 0.29) is 54.1 Å². The Balaban J connectivity index is 1.38. The molecule has 1 aliphatic rings. The Bertz CT molecular complexity index is 1030. The second-order valence-corrected chi connectivity index (χ2v) is 6.68. The van der Waals surface area contributed by atoms with Gasteiger partial charge in [-0.15, -0.1) is 5.10 Å². The van der Waals surface area contributed by atoms with E-state index >= 15 is 0 Å². The number of amides is 2. The minimum absolute atomic E-state index is 0.0260. The van der Waals surface area contributed by atoms with Crippen molar-refractivity contribution < 1.29 is 22.8 Å². The first-order valence-electron chi connectivity index (χ1n) is 8.91. The van der Waals surface area contributed by atoms with E-state index in [4.69, 9.17) is 4.42 Å². The molecule has 1 fully saturated rings. The van der Waals surface area contributed by atoms with Crippen LogP contribution in [0.4, 0.5) is 20.5 Å². The normalized spacial score (nSPS) is 16.3. The van der Waals surface area contributed by atoms with E-state index in [9.17, 15) is 18.4 Å². The molecule has 1 saturated heterocycles. The van der Waals surface area contributed by atoms with Crippen LogP contribution in [0.2, 0.25) is 0 Å². The molecule has 2 heterocycles. The second-order valence-electron chi connectivity index (χ2n) is 6.68. The van der Waals surface area contributed by atoms with E-state index in [1.54, 1.807) is 0 Å². The minimum Gasteiger partial charge on any atom is -0.407 e. The molecule has 3 aromatic rings. The fourth-order valence-corrected chi connectivity index (χ4v) is 3.14. The van der Waals surface area contributed by atoms with Crippen LogP contribution >= 0.6 is 0 Å². The maximum Gasteiger partial charge on any atom is 0.322 e. The summed E-state index contributed by atoms with van der Waals surface area (Å²) in [5.41, 5.74) is 1.23. The fraction of sp³-hybridized carbons (Fsp3) is 0.200. The van der Waals surface area contributed by atoms with E-state index < -0.39 is 0 Å². The van der Waals surface area contributed by atoms with Crippen molar-refractivity contribution >= 4 is 23.5 Å². The number of hydrogen-bond donors (Lipinski definition) is 1. The Morgan fingerprint density at radius 1 is 1.07 bits per heavy atom. The predicted octanol–water partition coefficient (Wildman–Crippen LogP) is 3.05. The zero-order valence-electron chi connectivity index (χ0n) is 15.1. The summed E-state index contributed by atoms with van der Waals surface area (Å²) in [5, 5.41) is 10.2. The summed E-state index contributed by atoms with van der Waals surface area (Å²) < 4.78 is 31.5. The van der Waals surface area contributed by atoms with Gasteiger partial charge in [0.25, 0.3) is 0 Å². The number of carbonyl (C=O) groups is 2. The van der Waals surface area contributed by atoms with Gasteiger partial charge < -0.3 is 9.32 Å². The molecule has 1 N–H and O–H groups in total. The van der Waals surface area contributed by atoms with Crippen molar-refractivity contribution in [1.29, 1.82) is 0 Å². The van der Waals surface area contributed by atoms with Crippen molar-refractivity contribution in [2.75, 3.05) is 16.8 Å². The molecule has 0 saturated carbocycles. The Kier molecular flexibility index (Phi) is 5.03. The third kappa shape index (κ3) is 4.29. The largest absolute Gasteiger partial charge is 0.407 e. The number of anilines is 2. The van der Waals surface area contributed by atoms with E-state index in [0.29, 0.717) is 17.8 Å². The van der Waals surface area contributed by atoms with E-state index in [0.717, 1.165) is 0 Å². The van der Waals surface area contributed by atoms with Gasteiger partial charge in [0.05, 0.1) is 12.3 Å². The Labute approximate surface area is 164 Å². The SMILES string of the molecule is O=C(Cc1ccc(F)cc1)Nc1nnc([C@@H]2CC(=O)N(c3ccc(F)cc3)C2)o1. The standard InChI is InChI=1S/C20H16F2N4O3/c21-14-3-1-12(2-4-14)9-17(27)23-20-25-24-19(29-20)13-10-18(28)26(11-13)16-7-5-15(22)6-8-16/h1-8,13H,9-11H2,(H,23,25,27)/t13-/m1/s1. The smallest absolute Gasteiger partial charge is 0.322 e. The first-order valence-corrected chi connectivity index (χ1v) is 8.91. The molecular formula is C20H16F2N4O3. The quantitative estimate of drug-likeness (QED) is 0.714. The van der Waals surface area contributed by atoms with Gasteiger partial charge in [0.1, 0.15) is 11.6 Å². The van der Waals surface area contributed by atoms with Crippen LogP contribution < -0.4 is 10.2 Å². The monoisotopic (exact) mass is 398 g/mol. The average Bonchev–Trinajstić information content (AvgIpc) is 3.31. The van der Waals surface area contributed by atoms with Crippen molar-refractivity contribution in [3.05, 3.63) is 71.6 Å². The van der Waals surface area contributed by atoms with Gasteiger partial charge in [0.2, 0.25) is 17.7 Å². The van der Waals surface area contributed by atoms with Crippen LogP contribution in [0.5, 0.6) is 0 Å². The lowest BCUT2D eigenvalue weighted by Crippen LogP contribution is -2.24. The molecule has 29 heavy (non-hydrogen) atoms. The highest BCUT2D eigenvalue weighted by Crippen LogP contribution is 2.31. The molecule has 148 valence electrons. The Hall–Kier alpha value is -3.62. The lowest BCUT2D eigenvalue weighted by atomic mass is 10.1. The molecule has 7 nitrogen and oxygen atoms in total. The van der Waals surface area contributed by atoms with Crippen LogP contribution in [-0.2, 0) is 16.0 Å². The molecular weight excluding hydrogens is 382 g/mol. The lowest BCUT2D eigenvalue weighted by molar-refractivity contribution is -0.117. The molecule has 0 radical (unpaired) electrons. The van der Waals surface area contributed by atoms with E-state index in [2.05, 4.69) is 15.5 Å². The number of carbonyl (C=O) groups excluding carboxylic acids is 2. The molecule has 0 bridgehead atoms. The molecule has 0 spiro atoms. The van der Waals surface area contributed by atoms with Crippen molar-refractivity contribution in [3.63, 3.8) is 0 Å². The Morgan fingerprint density at radius 3 is 2.41 bits per heavy atom. The third-order valence-corrected chi connectivity index (χ3v) is 4.58. The summed E-state index contributed by atoms with van der Waals surface area (Å²) in [4.78, 5) is 25.9. The van der Waals surface area contributed by atoms with Crippen molar-refractivity contribution in [3.8, 4) is 0 Å². The van der Waals surface area contributed by atoms with Crippen LogP contribution in [-0.4, -0.2) is 28.6 Å². The number of halogens is 2. The maximum absolute atomic E-state index is 13.1. The van der Waals surface area contributed by atoms with E-state index in [1.165, 1.54) is 53.4 Å². The molecule has 2 amide bonds. The summed E-state index contributed by atoms with van der Waals surface area (Å²) in [7, 11) is 0. The summed E-state index contributed by atoms with van der Waals surface area (Å²) in [6.07, 6.45) is 0.195. The van der Waals surface area contributed by atoms with Gasteiger partial charge in [0.15, 0.2) is 0 Å². The molecule has 9 heteroatoms. The molecule has 2 aromatic carbocycles. The summed E-state index contributed by atoms with van der Waals surface area (Å²) in [5.74, 6) is -1.38. The number of hydrogen-bond acceptors (Lipinski definition) is 5. The van der Waals surface area contributed by atoms with Crippen LogP contribution in [0.25, 0.3) is 0 Å². The lowest BCUT2D eigenvalue weighted by Gasteiger charge is -2.15. The van der Waals surface area contributed by atoms with E-state index in [1.807, 2.05) is 0 Å². The highest BCUT2D eigenvalue weighted by Gasteiger charge is 2.35. The molecule has 1 atom stereocenters. The number of nitrogens with zero attached hydrogens (tertiary/aromatic N) is 3. The van der Waals surface area contributed by atoms with Gasteiger partial charge in [-0.1, -0.05) is 17.2 Å². The summed E-state index contributed by atoms with van der Waals surface area (Å²) in [6, 6.07) is 11.2. The third-order valence-electron chi connectivity index (χ3n) is 4.58. The second kappa shape index (κ2) is 7.78. The number of rotatable bonds is 5. The predicted molar refractivity (Wildman–Crippen MR) is 99.1 cm³/mol. The topological polar surface area (TPSA) is 88.3 Å². The minimum atomic E-state index is -0.387. The first-order chi connectivity index (χ1) is 14.0. The van der Waals surface area contributed by atoms with Gasteiger partial charge in [-0.2, -0.15) is 0 Å². The van der Waals surface area contributed by atoms with Gasteiger partial charge in [-0.3, -0.25) is 14.9 Å². The maximum atomic E-state index is 13.1. The zero-order valence-corrected chi connectivity index (χ0v) is 15.1. The number of nitrogens with one attached hydrogen (secondary N) is 1. The Morgan fingerprint density at radius 2 is 1.72 bits per heavy atom. The molecule has 4 rings (SSSR count). The first kappa shape index (κ1) is 18.7. The van der Waals surface area contributed by atoms with Gasteiger partial charge in [-0.25, -0.2) is 8.78 Å². The van der Waals surface area contributed by atoms with Gasteiger partial charge >= 0.3 is 6.01 Å². The molecule has 1 aromatic heterocycles. The van der Waals surface area contributed by atoms with Gasteiger partial charge in [0, 0.05) is 18.7 Å². The van der Waals surface area contributed by atoms with Crippen LogP contribution in [0, 0.1) is 11.6 Å². The van der Waals surface area contributed by atoms with Crippen LogP contribution in [0.3, 0.4) is 0 Å². The molecule has 0 unspecified atom stereocenters. The zero-order chi connectivity index (χ0) is 20.4.